The average Bonchev–Trinajstić information content (AvgIpc) is 1.63. The molecular weight excluding hydrogens is 152 g/mol. The SMILES string of the molecule is CCCCO[Si](C)(C)Cl. The summed E-state index contributed by atoms with van der Waals surface area (Å²) in [6.07, 6.45) is 2.31. The number of rotatable bonds is 4. The highest BCUT2D eigenvalue weighted by Gasteiger charge is 2.16. The van der Waals surface area contributed by atoms with Crippen LogP contribution in [-0.2, 0) is 4.43 Å². The van der Waals surface area contributed by atoms with Gasteiger partial charge in [0.15, 0.2) is 0 Å². The molecule has 0 heterocycles. The van der Waals surface area contributed by atoms with Gasteiger partial charge < -0.3 is 4.43 Å². The van der Waals surface area contributed by atoms with E-state index in [1.165, 1.54) is 6.42 Å². The van der Waals surface area contributed by atoms with E-state index in [4.69, 9.17) is 15.5 Å². The molecule has 0 aromatic carbocycles. The second-order valence-electron chi connectivity index (χ2n) is 2.57. The maximum absolute atomic E-state index is 5.89. The standard InChI is InChI=1S/C6H15ClOSi/c1-4-5-6-8-9(2,3)7/h4-6H2,1-3H3. The van der Waals surface area contributed by atoms with Crippen LogP contribution in [0.4, 0.5) is 0 Å². The van der Waals surface area contributed by atoms with E-state index in [0.29, 0.717) is 0 Å². The van der Waals surface area contributed by atoms with Gasteiger partial charge >= 0.3 is 0 Å². The first-order chi connectivity index (χ1) is 4.06. The van der Waals surface area contributed by atoms with Crippen molar-refractivity contribution in [1.82, 2.24) is 0 Å². The van der Waals surface area contributed by atoms with E-state index in [2.05, 4.69) is 6.92 Å². The molecule has 1 nitrogen and oxygen atoms in total. The van der Waals surface area contributed by atoms with Crippen molar-refractivity contribution in [3.8, 4) is 0 Å². The quantitative estimate of drug-likeness (QED) is 0.355. The second kappa shape index (κ2) is 4.31. The zero-order valence-electron chi connectivity index (χ0n) is 6.41. The number of unbranched alkanes of at least 4 members (excludes halogenated alkanes) is 1. The fraction of sp³-hybridized carbons (Fsp3) is 1.00. The van der Waals surface area contributed by atoms with E-state index >= 15 is 0 Å². The van der Waals surface area contributed by atoms with Gasteiger partial charge in [-0.25, -0.2) is 0 Å². The topological polar surface area (TPSA) is 9.23 Å². The lowest BCUT2D eigenvalue weighted by atomic mass is 10.4. The van der Waals surface area contributed by atoms with Crippen LogP contribution < -0.4 is 0 Å². The van der Waals surface area contributed by atoms with Gasteiger partial charge in [0.1, 0.15) is 0 Å². The lowest BCUT2D eigenvalue weighted by Gasteiger charge is -2.13. The van der Waals surface area contributed by atoms with Crippen LogP contribution in [0.25, 0.3) is 0 Å². The predicted octanol–water partition coefficient (Wildman–Crippen LogP) is 2.74. The minimum absolute atomic E-state index is 0.833. The molecule has 0 amide bonds. The zero-order chi connectivity index (χ0) is 7.33. The molecule has 0 radical (unpaired) electrons. The Balaban J connectivity index is 3.07. The first kappa shape index (κ1) is 9.47. The van der Waals surface area contributed by atoms with Crippen LogP contribution in [0.3, 0.4) is 0 Å². The van der Waals surface area contributed by atoms with Gasteiger partial charge in [-0.15, -0.1) is 11.1 Å². The molecule has 0 saturated heterocycles. The summed E-state index contributed by atoms with van der Waals surface area (Å²) in [4.78, 5) is 0. The maximum Gasteiger partial charge on any atom is 0.283 e. The number of hydrogen-bond donors (Lipinski definition) is 0. The average molecular weight is 167 g/mol. The predicted molar refractivity (Wildman–Crippen MR) is 44.2 cm³/mol. The molecule has 0 spiro atoms. The fourth-order valence-electron chi connectivity index (χ4n) is 0.459. The van der Waals surface area contributed by atoms with Crippen LogP contribution in [0, 0.1) is 0 Å². The summed E-state index contributed by atoms with van der Waals surface area (Å²) in [6.45, 7) is 6.96. The Labute approximate surface area is 63.2 Å². The third-order valence-corrected chi connectivity index (χ3v) is 2.16. The molecule has 0 bridgehead atoms. The van der Waals surface area contributed by atoms with Crippen LogP contribution in [0.5, 0.6) is 0 Å². The lowest BCUT2D eigenvalue weighted by molar-refractivity contribution is 0.311. The molecule has 9 heavy (non-hydrogen) atoms. The van der Waals surface area contributed by atoms with Gasteiger partial charge in [-0.2, -0.15) is 0 Å². The molecule has 56 valence electrons. The number of hydrogen-bond acceptors (Lipinski definition) is 1. The van der Waals surface area contributed by atoms with Crippen molar-refractivity contribution in [3.05, 3.63) is 0 Å². The highest BCUT2D eigenvalue weighted by atomic mass is 35.6. The van der Waals surface area contributed by atoms with Crippen LogP contribution in [0.1, 0.15) is 19.8 Å². The van der Waals surface area contributed by atoms with Crippen LogP contribution in [0.15, 0.2) is 0 Å². The van der Waals surface area contributed by atoms with Gasteiger partial charge in [0.05, 0.1) is 0 Å². The molecule has 0 aromatic rings. The largest absolute Gasteiger partial charge is 0.403 e. The Morgan fingerprint density at radius 3 is 2.33 bits per heavy atom. The van der Waals surface area contributed by atoms with E-state index in [1.807, 2.05) is 13.1 Å². The van der Waals surface area contributed by atoms with Gasteiger partial charge in [0.2, 0.25) is 0 Å². The monoisotopic (exact) mass is 166 g/mol. The fourth-order valence-corrected chi connectivity index (χ4v) is 1.32. The van der Waals surface area contributed by atoms with Crippen molar-refractivity contribution in [2.75, 3.05) is 6.61 Å². The van der Waals surface area contributed by atoms with Crippen molar-refractivity contribution in [1.29, 1.82) is 0 Å². The van der Waals surface area contributed by atoms with E-state index < -0.39 is 7.63 Å². The lowest BCUT2D eigenvalue weighted by Crippen LogP contribution is -2.22. The van der Waals surface area contributed by atoms with Crippen molar-refractivity contribution < 1.29 is 4.43 Å². The Morgan fingerprint density at radius 2 is 2.00 bits per heavy atom. The first-order valence-electron chi connectivity index (χ1n) is 3.39. The van der Waals surface area contributed by atoms with E-state index in [-0.39, 0.29) is 0 Å². The Bertz CT molecular complexity index is 69.9. The van der Waals surface area contributed by atoms with E-state index in [0.717, 1.165) is 13.0 Å². The summed E-state index contributed by atoms with van der Waals surface area (Å²) in [7, 11) is -1.72. The highest BCUT2D eigenvalue weighted by Crippen LogP contribution is 2.09. The summed E-state index contributed by atoms with van der Waals surface area (Å²) in [5.74, 6) is 0. The van der Waals surface area contributed by atoms with Crippen molar-refractivity contribution in [2.24, 2.45) is 0 Å². The van der Waals surface area contributed by atoms with Gasteiger partial charge in [-0.05, 0) is 19.5 Å². The van der Waals surface area contributed by atoms with Crippen LogP contribution >= 0.6 is 11.1 Å². The normalized spacial score (nSPS) is 12.0. The molecule has 0 unspecified atom stereocenters. The summed E-state index contributed by atoms with van der Waals surface area (Å²) in [6, 6.07) is 0. The molecule has 0 saturated carbocycles. The van der Waals surface area contributed by atoms with E-state index in [1.54, 1.807) is 0 Å². The van der Waals surface area contributed by atoms with E-state index in [9.17, 15) is 0 Å². The summed E-state index contributed by atoms with van der Waals surface area (Å²) >= 11 is 5.89. The Morgan fingerprint density at radius 1 is 1.44 bits per heavy atom. The van der Waals surface area contributed by atoms with Crippen LogP contribution in [-0.4, -0.2) is 14.2 Å². The maximum atomic E-state index is 5.89. The summed E-state index contributed by atoms with van der Waals surface area (Å²) in [5, 5.41) is 0. The molecule has 0 aliphatic carbocycles. The number of halogens is 1. The third kappa shape index (κ3) is 8.47. The molecule has 0 aliphatic heterocycles. The minimum atomic E-state index is -1.72. The molecule has 0 aromatic heterocycles. The van der Waals surface area contributed by atoms with Gasteiger partial charge in [-0.1, -0.05) is 13.3 Å². The van der Waals surface area contributed by atoms with Gasteiger partial charge in [0.25, 0.3) is 7.63 Å². The zero-order valence-corrected chi connectivity index (χ0v) is 8.16. The molecule has 0 atom stereocenters. The molecular formula is C6H15ClOSi. The molecule has 0 N–H and O–H groups in total. The summed E-state index contributed by atoms with van der Waals surface area (Å²) in [5.41, 5.74) is 0. The molecule has 0 rings (SSSR count). The minimum Gasteiger partial charge on any atom is -0.403 e. The highest BCUT2D eigenvalue weighted by molar-refractivity contribution is 7.15. The molecule has 0 fully saturated rings. The molecule has 0 aliphatic rings. The van der Waals surface area contributed by atoms with Gasteiger partial charge in [-0.3, -0.25) is 0 Å². The molecule has 3 heteroatoms. The first-order valence-corrected chi connectivity index (χ1v) is 7.31. The van der Waals surface area contributed by atoms with Crippen molar-refractivity contribution >= 4 is 18.7 Å². The smallest absolute Gasteiger partial charge is 0.283 e. The summed E-state index contributed by atoms with van der Waals surface area (Å²) < 4.78 is 5.37. The Hall–Kier alpha value is 0.467. The Kier molecular flexibility index (Phi) is 4.53. The van der Waals surface area contributed by atoms with Crippen LogP contribution in [0.2, 0.25) is 13.1 Å². The van der Waals surface area contributed by atoms with Crippen molar-refractivity contribution in [3.63, 3.8) is 0 Å². The third-order valence-electron chi connectivity index (χ3n) is 0.943. The second-order valence-corrected chi connectivity index (χ2v) is 8.31. The van der Waals surface area contributed by atoms with Crippen molar-refractivity contribution in [2.45, 2.75) is 32.9 Å². The van der Waals surface area contributed by atoms with Gasteiger partial charge in [0, 0.05) is 6.61 Å².